The van der Waals surface area contributed by atoms with E-state index in [4.69, 9.17) is 9.47 Å². The molecule has 0 saturated carbocycles. The second-order valence-electron chi connectivity index (χ2n) is 7.94. The first-order valence-corrected chi connectivity index (χ1v) is 11.5. The molecule has 27 heavy (non-hydrogen) atoms. The quantitative estimate of drug-likeness (QED) is 0.126. The van der Waals surface area contributed by atoms with Crippen LogP contribution in [0.4, 0.5) is 0 Å². The second-order valence-corrected chi connectivity index (χ2v) is 7.94. The summed E-state index contributed by atoms with van der Waals surface area (Å²) in [5.41, 5.74) is 0.485. The SMILES string of the molecule is C=C(C)C(=O)OCCCCCCCCCCCCOCC(CC)CCCC. The fourth-order valence-electron chi connectivity index (χ4n) is 3.16. The molecule has 0 amide bonds. The number of carbonyl (C=O) groups is 1. The summed E-state index contributed by atoms with van der Waals surface area (Å²) in [4.78, 5) is 11.2. The molecular formula is C24H46O3. The number of rotatable bonds is 20. The van der Waals surface area contributed by atoms with E-state index in [9.17, 15) is 4.79 Å². The molecule has 0 aromatic carbocycles. The molecule has 0 bridgehead atoms. The first kappa shape index (κ1) is 26.2. The molecule has 0 fully saturated rings. The van der Waals surface area contributed by atoms with Gasteiger partial charge < -0.3 is 9.47 Å². The number of carbonyl (C=O) groups excluding carboxylic acids is 1. The van der Waals surface area contributed by atoms with Crippen LogP contribution in [0.5, 0.6) is 0 Å². The molecule has 0 aliphatic rings. The zero-order chi connectivity index (χ0) is 20.2. The Labute approximate surface area is 169 Å². The van der Waals surface area contributed by atoms with Gasteiger partial charge in [0.1, 0.15) is 0 Å². The maximum absolute atomic E-state index is 11.2. The first-order chi connectivity index (χ1) is 13.1. The van der Waals surface area contributed by atoms with Gasteiger partial charge in [0.15, 0.2) is 0 Å². The Bertz CT molecular complexity index is 352. The van der Waals surface area contributed by atoms with Gasteiger partial charge in [-0.1, -0.05) is 91.1 Å². The van der Waals surface area contributed by atoms with Gasteiger partial charge in [-0.05, 0) is 32.1 Å². The highest BCUT2D eigenvalue weighted by Gasteiger charge is 2.05. The average Bonchev–Trinajstić information content (AvgIpc) is 2.66. The van der Waals surface area contributed by atoms with Crippen LogP contribution in [0.25, 0.3) is 0 Å². The molecule has 1 unspecified atom stereocenters. The summed E-state index contributed by atoms with van der Waals surface area (Å²) in [5, 5.41) is 0. The van der Waals surface area contributed by atoms with Crippen LogP contribution in [-0.4, -0.2) is 25.8 Å². The zero-order valence-corrected chi connectivity index (χ0v) is 18.5. The normalized spacial score (nSPS) is 12.1. The van der Waals surface area contributed by atoms with E-state index in [1.807, 2.05) is 0 Å². The van der Waals surface area contributed by atoms with Crippen molar-refractivity contribution in [2.24, 2.45) is 5.92 Å². The van der Waals surface area contributed by atoms with E-state index >= 15 is 0 Å². The predicted molar refractivity (Wildman–Crippen MR) is 116 cm³/mol. The predicted octanol–water partition coefficient (Wildman–Crippen LogP) is 7.24. The van der Waals surface area contributed by atoms with E-state index in [0.717, 1.165) is 32.0 Å². The summed E-state index contributed by atoms with van der Waals surface area (Å²) in [7, 11) is 0. The van der Waals surface area contributed by atoms with E-state index in [0.29, 0.717) is 12.2 Å². The van der Waals surface area contributed by atoms with Gasteiger partial charge >= 0.3 is 5.97 Å². The Balaban J connectivity index is 3.21. The van der Waals surface area contributed by atoms with Crippen molar-refractivity contribution < 1.29 is 14.3 Å². The minimum atomic E-state index is -0.262. The van der Waals surface area contributed by atoms with Gasteiger partial charge in [0.25, 0.3) is 0 Å². The largest absolute Gasteiger partial charge is 0.462 e. The molecule has 3 heteroatoms. The monoisotopic (exact) mass is 382 g/mol. The number of hydrogen-bond acceptors (Lipinski definition) is 3. The first-order valence-electron chi connectivity index (χ1n) is 11.5. The van der Waals surface area contributed by atoms with Crippen molar-refractivity contribution in [3.05, 3.63) is 12.2 Å². The summed E-state index contributed by atoms with van der Waals surface area (Å²) in [5.74, 6) is 0.505. The molecule has 1 atom stereocenters. The molecule has 3 nitrogen and oxygen atoms in total. The molecule has 0 heterocycles. The van der Waals surface area contributed by atoms with E-state index in [-0.39, 0.29) is 5.97 Å². The van der Waals surface area contributed by atoms with Crippen LogP contribution >= 0.6 is 0 Å². The Morgan fingerprint density at radius 2 is 1.33 bits per heavy atom. The molecule has 0 aliphatic carbocycles. The minimum Gasteiger partial charge on any atom is -0.462 e. The van der Waals surface area contributed by atoms with Crippen LogP contribution in [0.15, 0.2) is 12.2 Å². The highest BCUT2D eigenvalue weighted by atomic mass is 16.5. The van der Waals surface area contributed by atoms with Gasteiger partial charge in [-0.25, -0.2) is 4.79 Å². The zero-order valence-electron chi connectivity index (χ0n) is 18.5. The van der Waals surface area contributed by atoms with Crippen LogP contribution in [-0.2, 0) is 14.3 Å². The Morgan fingerprint density at radius 1 is 0.815 bits per heavy atom. The minimum absolute atomic E-state index is 0.262. The van der Waals surface area contributed by atoms with E-state index in [2.05, 4.69) is 20.4 Å². The number of ether oxygens (including phenoxy) is 2. The molecule has 0 aromatic heterocycles. The van der Waals surface area contributed by atoms with Crippen molar-refractivity contribution in [2.45, 2.75) is 111 Å². The lowest BCUT2D eigenvalue weighted by Gasteiger charge is -2.14. The fourth-order valence-corrected chi connectivity index (χ4v) is 3.16. The third-order valence-corrected chi connectivity index (χ3v) is 5.16. The Kier molecular flexibility index (Phi) is 19.3. The average molecular weight is 383 g/mol. The van der Waals surface area contributed by atoms with Crippen molar-refractivity contribution in [1.82, 2.24) is 0 Å². The lowest BCUT2D eigenvalue weighted by atomic mass is 10.0. The third kappa shape index (κ3) is 18.3. The highest BCUT2D eigenvalue weighted by Crippen LogP contribution is 2.14. The van der Waals surface area contributed by atoms with E-state index < -0.39 is 0 Å². The molecule has 0 radical (unpaired) electrons. The molecule has 0 N–H and O–H groups in total. The fraction of sp³-hybridized carbons (Fsp3) is 0.875. The summed E-state index contributed by atoms with van der Waals surface area (Å²) in [6, 6.07) is 0. The summed E-state index contributed by atoms with van der Waals surface area (Å²) in [6.45, 7) is 12.2. The van der Waals surface area contributed by atoms with Crippen LogP contribution in [0, 0.1) is 5.92 Å². The highest BCUT2D eigenvalue weighted by molar-refractivity contribution is 5.86. The van der Waals surface area contributed by atoms with Gasteiger partial charge in [0, 0.05) is 18.8 Å². The van der Waals surface area contributed by atoms with E-state index in [1.54, 1.807) is 6.92 Å². The van der Waals surface area contributed by atoms with Gasteiger partial charge in [-0.3, -0.25) is 0 Å². The Morgan fingerprint density at radius 3 is 1.81 bits per heavy atom. The number of unbranched alkanes of at least 4 members (excludes halogenated alkanes) is 10. The molecular weight excluding hydrogens is 336 g/mol. The topological polar surface area (TPSA) is 35.5 Å². The van der Waals surface area contributed by atoms with Gasteiger partial charge in [-0.15, -0.1) is 0 Å². The van der Waals surface area contributed by atoms with Crippen molar-refractivity contribution >= 4 is 5.97 Å². The van der Waals surface area contributed by atoms with Crippen molar-refractivity contribution in [3.63, 3.8) is 0 Å². The maximum Gasteiger partial charge on any atom is 0.333 e. The number of hydrogen-bond donors (Lipinski definition) is 0. The van der Waals surface area contributed by atoms with E-state index in [1.165, 1.54) is 77.0 Å². The molecule has 0 rings (SSSR count). The van der Waals surface area contributed by atoms with Crippen molar-refractivity contribution in [2.75, 3.05) is 19.8 Å². The second kappa shape index (κ2) is 19.9. The maximum atomic E-state index is 11.2. The molecule has 0 aliphatic heterocycles. The van der Waals surface area contributed by atoms with Gasteiger partial charge in [0.2, 0.25) is 0 Å². The summed E-state index contributed by atoms with van der Waals surface area (Å²) >= 11 is 0. The molecule has 0 aromatic rings. The van der Waals surface area contributed by atoms with Crippen LogP contribution in [0.1, 0.15) is 111 Å². The van der Waals surface area contributed by atoms with Crippen LogP contribution < -0.4 is 0 Å². The third-order valence-electron chi connectivity index (χ3n) is 5.16. The molecule has 160 valence electrons. The summed E-state index contributed by atoms with van der Waals surface area (Å²) < 4.78 is 11.0. The lowest BCUT2D eigenvalue weighted by molar-refractivity contribution is -0.139. The summed E-state index contributed by atoms with van der Waals surface area (Å²) in [6.07, 6.45) is 17.8. The van der Waals surface area contributed by atoms with Crippen molar-refractivity contribution in [3.8, 4) is 0 Å². The molecule has 0 spiro atoms. The van der Waals surface area contributed by atoms with Crippen LogP contribution in [0.3, 0.4) is 0 Å². The van der Waals surface area contributed by atoms with Gasteiger partial charge in [0.05, 0.1) is 6.61 Å². The molecule has 0 saturated heterocycles. The standard InChI is InChI=1S/C24H46O3/c1-5-7-18-23(6-2)21-26-19-16-14-12-10-8-9-11-13-15-17-20-27-24(25)22(3)4/h23H,3,5-21H2,1-2,4H3. The Hall–Kier alpha value is -0.830. The lowest BCUT2D eigenvalue weighted by Crippen LogP contribution is -2.09. The van der Waals surface area contributed by atoms with Gasteiger partial charge in [-0.2, -0.15) is 0 Å². The van der Waals surface area contributed by atoms with Crippen molar-refractivity contribution in [1.29, 1.82) is 0 Å². The van der Waals surface area contributed by atoms with Crippen LogP contribution in [0.2, 0.25) is 0 Å². The number of esters is 1. The smallest absolute Gasteiger partial charge is 0.333 e.